The highest BCUT2D eigenvalue weighted by Crippen LogP contribution is 2.25. The first-order valence-electron chi connectivity index (χ1n) is 8.02. The van der Waals surface area contributed by atoms with E-state index in [9.17, 15) is 5.11 Å². The van der Waals surface area contributed by atoms with Crippen molar-refractivity contribution in [2.24, 2.45) is 0 Å². The summed E-state index contributed by atoms with van der Waals surface area (Å²) in [5.41, 5.74) is 2.99. The lowest BCUT2D eigenvalue weighted by Gasteiger charge is -2.14. The maximum atomic E-state index is 10.1. The molecule has 0 radical (unpaired) electrons. The van der Waals surface area contributed by atoms with Crippen LogP contribution in [-0.2, 0) is 0 Å². The molecule has 25 heavy (non-hydrogen) atoms. The molecule has 130 valence electrons. The van der Waals surface area contributed by atoms with Gasteiger partial charge in [-0.3, -0.25) is 0 Å². The van der Waals surface area contributed by atoms with Crippen molar-refractivity contribution in [2.75, 3.05) is 12.4 Å². The number of para-hydroxylation sites is 1. The molecule has 6 heteroatoms. The zero-order chi connectivity index (χ0) is 17.6. The van der Waals surface area contributed by atoms with Gasteiger partial charge >= 0.3 is 0 Å². The van der Waals surface area contributed by atoms with Crippen molar-refractivity contribution < 1.29 is 14.3 Å². The summed E-state index contributed by atoms with van der Waals surface area (Å²) in [4.78, 5) is 0. The van der Waals surface area contributed by atoms with Crippen LogP contribution in [0.25, 0.3) is 11.5 Å². The third-order valence-corrected chi connectivity index (χ3v) is 4.62. The highest BCUT2D eigenvalue weighted by atomic mass is 32.2. The molecular weight excluding hydrogens is 336 g/mol. The molecule has 1 N–H and O–H groups in total. The molecule has 0 bridgehead atoms. The Morgan fingerprint density at radius 1 is 1.04 bits per heavy atom. The molecule has 1 heterocycles. The van der Waals surface area contributed by atoms with E-state index in [1.165, 1.54) is 11.8 Å². The lowest BCUT2D eigenvalue weighted by molar-refractivity contribution is 0.125. The minimum absolute atomic E-state index is 0.221. The number of thioether (sulfide) groups is 1. The minimum atomic E-state index is -0.629. The van der Waals surface area contributed by atoms with Gasteiger partial charge < -0.3 is 14.3 Å². The van der Waals surface area contributed by atoms with Crippen molar-refractivity contribution in [3.8, 4) is 17.2 Å². The summed E-state index contributed by atoms with van der Waals surface area (Å²) in [6.07, 6.45) is -0.629. The van der Waals surface area contributed by atoms with Gasteiger partial charge in [-0.15, -0.1) is 10.2 Å². The Kier molecular flexibility index (Phi) is 5.73. The van der Waals surface area contributed by atoms with E-state index in [-0.39, 0.29) is 6.61 Å². The van der Waals surface area contributed by atoms with Crippen molar-refractivity contribution in [1.82, 2.24) is 10.2 Å². The molecule has 0 amide bonds. The predicted molar refractivity (Wildman–Crippen MR) is 97.9 cm³/mol. The van der Waals surface area contributed by atoms with Crippen molar-refractivity contribution in [3.05, 3.63) is 59.7 Å². The molecule has 0 saturated heterocycles. The van der Waals surface area contributed by atoms with E-state index in [0.29, 0.717) is 16.9 Å². The number of rotatable bonds is 7. The second kappa shape index (κ2) is 8.18. The van der Waals surface area contributed by atoms with Gasteiger partial charge in [0.2, 0.25) is 5.89 Å². The standard InChI is InChI=1S/C19H20N2O3S/c1-13-7-6-8-14(2)17(13)23-11-16(22)12-25-19-21-20-18(24-19)15-9-4-3-5-10-15/h3-10,16,22H,11-12H2,1-2H3/t16-/m0/s1. The maximum absolute atomic E-state index is 10.1. The van der Waals surface area contributed by atoms with E-state index >= 15 is 0 Å². The molecule has 0 spiro atoms. The van der Waals surface area contributed by atoms with Crippen LogP contribution in [0.1, 0.15) is 11.1 Å². The van der Waals surface area contributed by atoms with Crippen molar-refractivity contribution in [2.45, 2.75) is 25.2 Å². The van der Waals surface area contributed by atoms with Crippen molar-refractivity contribution >= 4 is 11.8 Å². The molecular formula is C19H20N2O3S. The average molecular weight is 356 g/mol. The third kappa shape index (κ3) is 4.61. The van der Waals surface area contributed by atoms with Crippen LogP contribution in [0, 0.1) is 13.8 Å². The second-order valence-electron chi connectivity index (χ2n) is 5.74. The molecule has 1 aromatic heterocycles. The summed E-state index contributed by atoms with van der Waals surface area (Å²) in [6.45, 7) is 4.21. The van der Waals surface area contributed by atoms with E-state index in [2.05, 4.69) is 10.2 Å². The van der Waals surface area contributed by atoms with E-state index in [0.717, 1.165) is 22.4 Å². The molecule has 0 aliphatic heterocycles. The number of nitrogens with zero attached hydrogens (tertiary/aromatic N) is 2. The number of aliphatic hydroxyl groups excluding tert-OH is 1. The Bertz CT molecular complexity index is 800. The number of ether oxygens (including phenoxy) is 1. The summed E-state index contributed by atoms with van der Waals surface area (Å²) in [6, 6.07) is 15.6. The summed E-state index contributed by atoms with van der Waals surface area (Å²) in [7, 11) is 0. The van der Waals surface area contributed by atoms with Gasteiger partial charge in [0.15, 0.2) is 0 Å². The molecule has 0 aliphatic rings. The van der Waals surface area contributed by atoms with Crippen LogP contribution in [0.5, 0.6) is 5.75 Å². The fourth-order valence-electron chi connectivity index (χ4n) is 2.39. The Labute approximate surface area is 151 Å². The number of benzene rings is 2. The molecule has 1 atom stereocenters. The molecule has 5 nitrogen and oxygen atoms in total. The van der Waals surface area contributed by atoms with Gasteiger partial charge in [0.1, 0.15) is 12.4 Å². The summed E-state index contributed by atoms with van der Waals surface area (Å²) in [5.74, 6) is 1.72. The number of aromatic nitrogens is 2. The van der Waals surface area contributed by atoms with Gasteiger partial charge in [0.25, 0.3) is 5.22 Å². The van der Waals surface area contributed by atoms with Crippen LogP contribution in [0.15, 0.2) is 58.2 Å². The Morgan fingerprint density at radius 3 is 2.48 bits per heavy atom. The predicted octanol–water partition coefficient (Wildman–Crippen LogP) is 3.89. The summed E-state index contributed by atoms with van der Waals surface area (Å²) < 4.78 is 11.4. The zero-order valence-electron chi connectivity index (χ0n) is 14.2. The van der Waals surface area contributed by atoms with E-state index in [4.69, 9.17) is 9.15 Å². The van der Waals surface area contributed by atoms with Gasteiger partial charge in [-0.25, -0.2) is 0 Å². The number of hydrogen-bond acceptors (Lipinski definition) is 6. The van der Waals surface area contributed by atoms with Gasteiger partial charge in [-0.05, 0) is 37.1 Å². The molecule has 3 aromatic rings. The van der Waals surface area contributed by atoms with Crippen LogP contribution in [0.4, 0.5) is 0 Å². The summed E-state index contributed by atoms with van der Waals surface area (Å²) in [5, 5.41) is 18.6. The van der Waals surface area contributed by atoms with Gasteiger partial charge in [0, 0.05) is 11.3 Å². The highest BCUT2D eigenvalue weighted by Gasteiger charge is 2.13. The van der Waals surface area contributed by atoms with Crippen LogP contribution >= 0.6 is 11.8 Å². The molecule has 2 aromatic carbocycles. The number of aliphatic hydroxyl groups is 1. The first-order chi connectivity index (χ1) is 12.1. The minimum Gasteiger partial charge on any atom is -0.490 e. The van der Waals surface area contributed by atoms with E-state index in [1.807, 2.05) is 62.4 Å². The van der Waals surface area contributed by atoms with Gasteiger partial charge in [-0.1, -0.05) is 48.2 Å². The average Bonchev–Trinajstić information content (AvgIpc) is 3.09. The van der Waals surface area contributed by atoms with E-state index in [1.54, 1.807) is 0 Å². The number of aryl methyl sites for hydroxylation is 2. The first-order valence-corrected chi connectivity index (χ1v) is 9.01. The van der Waals surface area contributed by atoms with Crippen LogP contribution in [-0.4, -0.2) is 33.8 Å². The van der Waals surface area contributed by atoms with Crippen molar-refractivity contribution in [3.63, 3.8) is 0 Å². The monoisotopic (exact) mass is 356 g/mol. The topological polar surface area (TPSA) is 68.4 Å². The fourth-order valence-corrected chi connectivity index (χ4v) is 3.06. The Balaban J connectivity index is 1.51. The van der Waals surface area contributed by atoms with Crippen LogP contribution in [0.3, 0.4) is 0 Å². The Hall–Kier alpha value is -2.31. The smallest absolute Gasteiger partial charge is 0.276 e. The lowest BCUT2D eigenvalue weighted by atomic mass is 10.1. The lowest BCUT2D eigenvalue weighted by Crippen LogP contribution is -2.20. The normalized spacial score (nSPS) is 12.1. The second-order valence-corrected chi connectivity index (χ2v) is 6.71. The largest absolute Gasteiger partial charge is 0.490 e. The number of hydrogen-bond donors (Lipinski definition) is 1. The van der Waals surface area contributed by atoms with Crippen LogP contribution in [0.2, 0.25) is 0 Å². The third-order valence-electron chi connectivity index (χ3n) is 3.66. The fraction of sp³-hybridized carbons (Fsp3) is 0.263. The molecule has 3 rings (SSSR count). The first kappa shape index (κ1) is 17.5. The molecule has 0 fully saturated rings. The Morgan fingerprint density at radius 2 is 1.76 bits per heavy atom. The van der Waals surface area contributed by atoms with E-state index < -0.39 is 6.10 Å². The molecule has 0 saturated carbocycles. The SMILES string of the molecule is Cc1cccc(C)c1OC[C@H](O)CSc1nnc(-c2ccccc2)o1. The summed E-state index contributed by atoms with van der Waals surface area (Å²) >= 11 is 1.32. The quantitative estimate of drug-likeness (QED) is 0.648. The van der Waals surface area contributed by atoms with Gasteiger partial charge in [-0.2, -0.15) is 0 Å². The molecule has 0 unspecified atom stereocenters. The maximum Gasteiger partial charge on any atom is 0.276 e. The highest BCUT2D eigenvalue weighted by molar-refractivity contribution is 7.99. The molecule has 0 aliphatic carbocycles. The van der Waals surface area contributed by atoms with Crippen molar-refractivity contribution in [1.29, 1.82) is 0 Å². The van der Waals surface area contributed by atoms with Crippen LogP contribution < -0.4 is 4.74 Å². The van der Waals surface area contributed by atoms with Gasteiger partial charge in [0.05, 0.1) is 6.10 Å². The zero-order valence-corrected chi connectivity index (χ0v) is 15.0.